The zero-order valence-electron chi connectivity index (χ0n) is 12.7. The molecule has 0 spiro atoms. The van der Waals surface area contributed by atoms with Crippen molar-refractivity contribution in [1.82, 2.24) is 10.3 Å². The van der Waals surface area contributed by atoms with E-state index in [0.717, 1.165) is 37.0 Å². The van der Waals surface area contributed by atoms with E-state index in [9.17, 15) is 13.2 Å². The second kappa shape index (κ2) is 6.72. The lowest BCUT2D eigenvalue weighted by Gasteiger charge is -2.19. The summed E-state index contributed by atoms with van der Waals surface area (Å²) >= 11 is 2.56. The van der Waals surface area contributed by atoms with Crippen LogP contribution in [0.5, 0.6) is 0 Å². The van der Waals surface area contributed by atoms with Crippen molar-refractivity contribution in [2.24, 2.45) is 5.92 Å². The smallest absolute Gasteiger partial charge is 0.273 e. The molecular weight excluding hydrogens is 352 g/mol. The predicted octanol–water partition coefficient (Wildman–Crippen LogP) is 2.95. The first kappa shape index (κ1) is 16.6. The lowest BCUT2D eigenvalue weighted by Crippen LogP contribution is -2.40. The maximum Gasteiger partial charge on any atom is 0.276 e. The molecule has 0 fully saturated rings. The minimum Gasteiger partial charge on any atom is -0.273 e. The van der Waals surface area contributed by atoms with E-state index in [0.29, 0.717) is 10.8 Å². The van der Waals surface area contributed by atoms with Gasteiger partial charge in [0.15, 0.2) is 0 Å². The fourth-order valence-electron chi connectivity index (χ4n) is 2.70. The van der Waals surface area contributed by atoms with E-state index >= 15 is 0 Å². The average molecular weight is 371 g/mol. The topological polar surface area (TPSA) is 75.3 Å². The highest BCUT2D eigenvalue weighted by atomic mass is 32.2. The quantitative estimate of drug-likeness (QED) is 0.795. The largest absolute Gasteiger partial charge is 0.276 e. The predicted molar refractivity (Wildman–Crippen MR) is 92.2 cm³/mol. The third kappa shape index (κ3) is 3.65. The van der Waals surface area contributed by atoms with Gasteiger partial charge in [0.2, 0.25) is 0 Å². The van der Waals surface area contributed by atoms with Crippen LogP contribution in [0.4, 0.5) is 0 Å². The number of hydrogen-bond acceptors (Lipinski definition) is 5. The second-order valence-corrected chi connectivity index (χ2v) is 9.56. The van der Waals surface area contributed by atoms with Gasteiger partial charge in [0.1, 0.15) is 4.21 Å². The molecule has 5 nitrogen and oxygen atoms in total. The zero-order chi connectivity index (χ0) is 16.4. The summed E-state index contributed by atoms with van der Waals surface area (Å²) in [6.45, 7) is 2.19. The second-order valence-electron chi connectivity index (χ2n) is 5.57. The average Bonchev–Trinajstić information content (AvgIpc) is 3.21. The molecule has 0 aromatic carbocycles. The molecule has 0 radical (unpaired) electrons. The number of sulfonamides is 1. The lowest BCUT2D eigenvalue weighted by molar-refractivity contribution is 0.0949. The molecule has 3 rings (SSSR count). The molecule has 1 amide bonds. The molecule has 0 saturated carbocycles. The van der Waals surface area contributed by atoms with E-state index in [4.69, 9.17) is 0 Å². The van der Waals surface area contributed by atoms with Gasteiger partial charge in [0.25, 0.3) is 15.9 Å². The van der Waals surface area contributed by atoms with Gasteiger partial charge < -0.3 is 0 Å². The summed E-state index contributed by atoms with van der Waals surface area (Å²) in [5.74, 6) is 0.280. The molecule has 0 bridgehead atoms. The summed E-state index contributed by atoms with van der Waals surface area (Å²) < 4.78 is 24.2. The highest BCUT2D eigenvalue weighted by molar-refractivity contribution is 7.91. The summed E-state index contributed by atoms with van der Waals surface area (Å²) in [5.41, 5.74) is 3.54. The summed E-state index contributed by atoms with van der Waals surface area (Å²) in [6.07, 6.45) is 4.33. The minimum atomic E-state index is -3.69. The molecule has 8 heteroatoms. The highest BCUT2D eigenvalue weighted by Crippen LogP contribution is 2.33. The first-order chi connectivity index (χ1) is 11.0. The molecule has 23 heavy (non-hydrogen) atoms. The number of carbonyl (C=O) groups excluding carboxylic acids is 1. The summed E-state index contributed by atoms with van der Waals surface area (Å²) in [6, 6.07) is 5.04. The van der Waals surface area contributed by atoms with Gasteiger partial charge in [-0.1, -0.05) is 19.4 Å². The maximum absolute atomic E-state index is 12.2. The molecule has 0 aliphatic heterocycles. The van der Waals surface area contributed by atoms with E-state index < -0.39 is 15.9 Å². The van der Waals surface area contributed by atoms with Crippen LogP contribution in [-0.4, -0.2) is 14.3 Å². The number of aryl methyl sites for hydroxylation is 1. The normalized spacial score (nSPS) is 17.7. The molecule has 2 heterocycles. The molecule has 2 N–H and O–H groups in total. The van der Waals surface area contributed by atoms with Crippen molar-refractivity contribution in [3.63, 3.8) is 0 Å². The molecule has 1 atom stereocenters. The van der Waals surface area contributed by atoms with Crippen molar-refractivity contribution < 1.29 is 13.2 Å². The Bertz CT molecular complexity index is 794. The Labute approximate surface area is 143 Å². The molecule has 124 valence electrons. The highest BCUT2D eigenvalue weighted by Gasteiger charge is 2.23. The van der Waals surface area contributed by atoms with E-state index in [-0.39, 0.29) is 4.21 Å². The Kier molecular flexibility index (Phi) is 4.86. The van der Waals surface area contributed by atoms with Gasteiger partial charge in [0, 0.05) is 4.88 Å². The van der Waals surface area contributed by atoms with Gasteiger partial charge in [-0.2, -0.15) is 0 Å². The Morgan fingerprint density at radius 2 is 2.26 bits per heavy atom. The molecule has 1 aliphatic carbocycles. The van der Waals surface area contributed by atoms with Gasteiger partial charge in [-0.15, -0.1) is 27.5 Å². The Balaban J connectivity index is 1.67. The third-order valence-electron chi connectivity index (χ3n) is 4.04. The number of thiophene rings is 2. The summed E-state index contributed by atoms with van der Waals surface area (Å²) in [7, 11) is -3.69. The number of carbonyl (C=O) groups is 1. The van der Waals surface area contributed by atoms with Crippen molar-refractivity contribution in [1.29, 1.82) is 0 Å². The molecule has 0 saturated heterocycles. The van der Waals surface area contributed by atoms with E-state index in [2.05, 4.69) is 17.2 Å². The van der Waals surface area contributed by atoms with Crippen molar-refractivity contribution >= 4 is 38.6 Å². The Hall–Kier alpha value is -1.22. The van der Waals surface area contributed by atoms with E-state index in [1.54, 1.807) is 11.4 Å². The Morgan fingerprint density at radius 1 is 1.43 bits per heavy atom. The van der Waals surface area contributed by atoms with Crippen LogP contribution >= 0.6 is 22.7 Å². The fraction of sp³-hybridized carbons (Fsp3) is 0.400. The SMILES string of the molecule is CC[C@H]1CCc2sc(C(=O)NNS(=O)(=O)c3cccs3)cc2C1. The number of hydrazine groups is 1. The number of hydrogen-bond donors (Lipinski definition) is 2. The lowest BCUT2D eigenvalue weighted by atomic mass is 9.87. The molecule has 2 aromatic heterocycles. The van der Waals surface area contributed by atoms with Crippen LogP contribution < -0.4 is 10.3 Å². The van der Waals surface area contributed by atoms with Gasteiger partial charge in [0.05, 0.1) is 4.88 Å². The van der Waals surface area contributed by atoms with Crippen LogP contribution in [0.2, 0.25) is 0 Å². The monoisotopic (exact) mass is 370 g/mol. The van der Waals surface area contributed by atoms with Crippen LogP contribution in [0.1, 0.15) is 39.9 Å². The Morgan fingerprint density at radius 3 is 2.96 bits per heavy atom. The van der Waals surface area contributed by atoms with Crippen molar-refractivity contribution in [3.05, 3.63) is 38.9 Å². The van der Waals surface area contributed by atoms with Crippen molar-refractivity contribution in [2.75, 3.05) is 0 Å². The van der Waals surface area contributed by atoms with Crippen LogP contribution in [0.25, 0.3) is 0 Å². The molecular formula is C15H18N2O3S3. The van der Waals surface area contributed by atoms with E-state index in [1.165, 1.54) is 27.8 Å². The number of rotatable bonds is 5. The molecule has 2 aromatic rings. The van der Waals surface area contributed by atoms with Gasteiger partial charge >= 0.3 is 0 Å². The van der Waals surface area contributed by atoms with Crippen LogP contribution in [0.15, 0.2) is 27.8 Å². The first-order valence-corrected chi connectivity index (χ1v) is 10.6. The van der Waals surface area contributed by atoms with Crippen LogP contribution in [0, 0.1) is 5.92 Å². The molecule has 1 aliphatic rings. The van der Waals surface area contributed by atoms with Gasteiger partial charge in [-0.25, -0.2) is 8.42 Å². The van der Waals surface area contributed by atoms with E-state index in [1.807, 2.05) is 6.07 Å². The minimum absolute atomic E-state index is 0.175. The fourth-order valence-corrected chi connectivity index (χ4v) is 5.64. The third-order valence-corrected chi connectivity index (χ3v) is 7.93. The maximum atomic E-state index is 12.2. The summed E-state index contributed by atoms with van der Waals surface area (Å²) in [5, 5.41) is 1.67. The number of nitrogens with one attached hydrogen (secondary N) is 2. The number of fused-ring (bicyclic) bond motifs is 1. The van der Waals surface area contributed by atoms with Gasteiger partial charge in [-0.3, -0.25) is 10.2 Å². The van der Waals surface area contributed by atoms with Crippen molar-refractivity contribution in [3.8, 4) is 0 Å². The zero-order valence-corrected chi connectivity index (χ0v) is 15.1. The number of amides is 1. The van der Waals surface area contributed by atoms with Crippen LogP contribution in [0.3, 0.4) is 0 Å². The summed E-state index contributed by atoms with van der Waals surface area (Å²) in [4.78, 5) is 16.2. The van der Waals surface area contributed by atoms with Gasteiger partial charge in [-0.05, 0) is 48.3 Å². The van der Waals surface area contributed by atoms with Crippen LogP contribution in [-0.2, 0) is 22.9 Å². The first-order valence-electron chi connectivity index (χ1n) is 7.47. The molecule has 0 unspecified atom stereocenters. The van der Waals surface area contributed by atoms with Crippen molar-refractivity contribution in [2.45, 2.75) is 36.8 Å². The standard InChI is InChI=1S/C15H18N2O3S3/c1-2-10-5-6-12-11(8-10)9-13(22-12)15(18)16-17-23(19,20)14-4-3-7-21-14/h3-4,7,9-10,17H,2,5-6,8H2,1H3,(H,16,18)/t10-/m0/s1.